The number of quaternary nitrogens is 1. The molecule has 1 aliphatic heterocycles. The molecule has 1 aromatic rings. The van der Waals surface area contributed by atoms with Gasteiger partial charge < -0.3 is 4.74 Å². The van der Waals surface area contributed by atoms with Crippen LogP contribution in [0.5, 0.6) is 0 Å². The molecule has 4 heteroatoms. The van der Waals surface area contributed by atoms with Crippen LogP contribution >= 0.6 is 0 Å². The van der Waals surface area contributed by atoms with E-state index in [1.807, 2.05) is 6.92 Å². The Hall–Kier alpha value is -0.970. The molecule has 0 fully saturated rings. The van der Waals surface area contributed by atoms with Crippen LogP contribution in [0.25, 0.3) is 0 Å². The zero-order chi connectivity index (χ0) is 12.5. The molecular weight excluding hydrogens is 231 g/mol. The summed E-state index contributed by atoms with van der Waals surface area (Å²) in [7, 11) is 2.20. The molecule has 1 N–H and O–H groups in total. The fourth-order valence-electron chi connectivity index (χ4n) is 2.26. The van der Waals surface area contributed by atoms with Crippen LogP contribution in [0, 0.1) is 0 Å². The molecule has 0 bridgehead atoms. The van der Waals surface area contributed by atoms with Crippen LogP contribution in [0.1, 0.15) is 26.3 Å². The van der Waals surface area contributed by atoms with Gasteiger partial charge in [-0.05, 0) is 25.8 Å². The summed E-state index contributed by atoms with van der Waals surface area (Å²) in [4.78, 5) is 0. The Morgan fingerprint density at radius 1 is 1.28 bits per heavy atom. The smallest absolute Gasteiger partial charge is 0.221 e. The second-order valence-electron chi connectivity index (χ2n) is 4.81. The molecule has 0 spiro atoms. The number of nitrogens with zero attached hydrogens (tertiary/aromatic N) is 1. The fourth-order valence-corrected chi connectivity index (χ4v) is 2.26. The average molecular weight is 255 g/mol. The SMILES string of the molecule is CCOC(C)CN[N+]1(C)c2ccc(CC)cc21.F. The predicted octanol–water partition coefficient (Wildman–Crippen LogP) is 2.91. The van der Waals surface area contributed by atoms with Gasteiger partial charge in [0.1, 0.15) is 0 Å². The lowest BCUT2D eigenvalue weighted by Gasteiger charge is -2.17. The number of aryl methyl sites for hydroxylation is 1. The summed E-state index contributed by atoms with van der Waals surface area (Å²) in [5.41, 5.74) is 7.73. The van der Waals surface area contributed by atoms with E-state index in [9.17, 15) is 0 Å². The molecular formula is C14H24FN2O+. The van der Waals surface area contributed by atoms with E-state index in [1.165, 1.54) is 16.9 Å². The van der Waals surface area contributed by atoms with E-state index in [2.05, 4.69) is 44.5 Å². The first kappa shape index (κ1) is 15.1. The Labute approximate surface area is 109 Å². The number of benzene rings is 1. The molecule has 0 saturated heterocycles. The molecule has 2 atom stereocenters. The van der Waals surface area contributed by atoms with Crippen molar-refractivity contribution in [1.82, 2.24) is 10.0 Å². The molecule has 1 aromatic carbocycles. The third-order valence-electron chi connectivity index (χ3n) is 3.51. The number of halogens is 1. The van der Waals surface area contributed by atoms with Crippen LogP contribution in [-0.2, 0) is 11.2 Å². The molecule has 0 radical (unpaired) electrons. The average Bonchev–Trinajstić information content (AvgIpc) is 2.93. The Morgan fingerprint density at radius 2 is 2.00 bits per heavy atom. The van der Waals surface area contributed by atoms with E-state index in [0.717, 1.165) is 24.2 Å². The molecule has 1 aliphatic rings. The first-order chi connectivity index (χ1) is 8.11. The Kier molecular flexibility index (Phi) is 4.85. The molecule has 2 unspecified atom stereocenters. The van der Waals surface area contributed by atoms with Crippen molar-refractivity contribution in [3.63, 3.8) is 0 Å². The van der Waals surface area contributed by atoms with Crippen molar-refractivity contribution in [2.45, 2.75) is 33.3 Å². The molecule has 102 valence electrons. The van der Waals surface area contributed by atoms with Crippen molar-refractivity contribution in [3.05, 3.63) is 23.8 Å². The first-order valence-electron chi connectivity index (χ1n) is 6.49. The van der Waals surface area contributed by atoms with Gasteiger partial charge in [0.15, 0.2) is 0 Å². The minimum atomic E-state index is 0. The zero-order valence-electron chi connectivity index (χ0n) is 11.7. The third kappa shape index (κ3) is 2.71. The summed E-state index contributed by atoms with van der Waals surface area (Å²) in [5.74, 6) is 0. The maximum atomic E-state index is 5.54. The van der Waals surface area contributed by atoms with Gasteiger partial charge in [-0.15, -0.1) is 0 Å². The summed E-state index contributed by atoms with van der Waals surface area (Å²) in [6, 6.07) is 6.75. The molecule has 18 heavy (non-hydrogen) atoms. The molecule has 1 heterocycles. The topological polar surface area (TPSA) is 21.3 Å². The lowest BCUT2D eigenvalue weighted by Crippen LogP contribution is -2.45. The highest BCUT2D eigenvalue weighted by Crippen LogP contribution is 2.52. The Morgan fingerprint density at radius 3 is 2.61 bits per heavy atom. The molecule has 2 rings (SSSR count). The first-order valence-corrected chi connectivity index (χ1v) is 6.49. The Bertz CT molecular complexity index is 411. The lowest BCUT2D eigenvalue weighted by atomic mass is 10.2. The van der Waals surface area contributed by atoms with Crippen LogP contribution < -0.4 is 10.0 Å². The van der Waals surface area contributed by atoms with Crippen molar-refractivity contribution >= 4 is 11.4 Å². The molecule has 0 saturated carbocycles. The van der Waals surface area contributed by atoms with E-state index in [1.54, 1.807) is 0 Å². The van der Waals surface area contributed by atoms with Gasteiger partial charge in [-0.3, -0.25) is 4.70 Å². The van der Waals surface area contributed by atoms with Gasteiger partial charge in [0.05, 0.1) is 19.7 Å². The second-order valence-corrected chi connectivity index (χ2v) is 4.81. The van der Waals surface area contributed by atoms with Crippen molar-refractivity contribution in [2.75, 3.05) is 20.2 Å². The number of hydrogen-bond acceptors (Lipinski definition) is 2. The lowest BCUT2D eigenvalue weighted by molar-refractivity contribution is 0.0688. The van der Waals surface area contributed by atoms with E-state index in [-0.39, 0.29) is 10.8 Å². The van der Waals surface area contributed by atoms with Crippen molar-refractivity contribution in [2.24, 2.45) is 0 Å². The van der Waals surface area contributed by atoms with Crippen molar-refractivity contribution < 1.29 is 9.44 Å². The van der Waals surface area contributed by atoms with E-state index in [4.69, 9.17) is 4.74 Å². The maximum Gasteiger partial charge on any atom is 0.221 e. The van der Waals surface area contributed by atoms with Crippen LogP contribution in [0.15, 0.2) is 18.2 Å². The minimum absolute atomic E-state index is 0. The quantitative estimate of drug-likeness (QED) is 0.623. The minimum Gasteiger partial charge on any atom is -0.377 e. The highest BCUT2D eigenvalue weighted by Gasteiger charge is 2.50. The highest BCUT2D eigenvalue weighted by molar-refractivity contribution is 5.86. The van der Waals surface area contributed by atoms with Crippen LogP contribution in [0.4, 0.5) is 16.1 Å². The fraction of sp³-hybridized carbons (Fsp3) is 0.571. The number of rotatable bonds is 6. The normalized spacial score (nSPS) is 22.0. The van der Waals surface area contributed by atoms with E-state index >= 15 is 0 Å². The summed E-state index contributed by atoms with van der Waals surface area (Å²) >= 11 is 0. The van der Waals surface area contributed by atoms with Gasteiger partial charge in [-0.1, -0.05) is 13.0 Å². The summed E-state index contributed by atoms with van der Waals surface area (Å²) in [6.07, 6.45) is 1.36. The van der Waals surface area contributed by atoms with E-state index < -0.39 is 0 Å². The number of fused-ring (bicyclic) bond motifs is 1. The maximum absolute atomic E-state index is 5.54. The van der Waals surface area contributed by atoms with Crippen molar-refractivity contribution in [3.8, 4) is 0 Å². The Balaban J connectivity index is 0.00000162. The number of nitrogens with one attached hydrogen (secondary N) is 1. The van der Waals surface area contributed by atoms with Gasteiger partial charge >= 0.3 is 0 Å². The molecule has 0 aliphatic carbocycles. The van der Waals surface area contributed by atoms with Crippen LogP contribution in [0.2, 0.25) is 0 Å². The van der Waals surface area contributed by atoms with Gasteiger partial charge in [-0.2, -0.15) is 10.0 Å². The van der Waals surface area contributed by atoms with Gasteiger partial charge in [0.25, 0.3) is 0 Å². The largest absolute Gasteiger partial charge is 0.377 e. The second kappa shape index (κ2) is 5.78. The van der Waals surface area contributed by atoms with Gasteiger partial charge in [0.2, 0.25) is 11.4 Å². The van der Waals surface area contributed by atoms with Gasteiger partial charge in [0, 0.05) is 18.7 Å². The summed E-state index contributed by atoms with van der Waals surface area (Å²) in [6.45, 7) is 7.99. The van der Waals surface area contributed by atoms with E-state index in [0.29, 0.717) is 0 Å². The molecule has 3 nitrogen and oxygen atoms in total. The summed E-state index contributed by atoms with van der Waals surface area (Å²) < 4.78 is 6.31. The van der Waals surface area contributed by atoms with Crippen LogP contribution in [-0.4, -0.2) is 26.3 Å². The van der Waals surface area contributed by atoms with Crippen LogP contribution in [0.3, 0.4) is 0 Å². The molecule has 0 aromatic heterocycles. The predicted molar refractivity (Wildman–Crippen MR) is 74.8 cm³/mol. The molecule has 0 amide bonds. The van der Waals surface area contributed by atoms with Gasteiger partial charge in [-0.25, -0.2) is 0 Å². The monoisotopic (exact) mass is 255 g/mol. The zero-order valence-corrected chi connectivity index (χ0v) is 11.7. The third-order valence-corrected chi connectivity index (χ3v) is 3.51. The highest BCUT2D eigenvalue weighted by atomic mass is 19.0. The summed E-state index contributed by atoms with van der Waals surface area (Å²) in [5, 5.41) is 0. The number of hydrogen-bond donors (Lipinski definition) is 1. The number of ether oxygens (including phenoxy) is 1. The van der Waals surface area contributed by atoms with Crippen molar-refractivity contribution in [1.29, 1.82) is 0 Å². The standard InChI is InChI=1S/C14H23N2O.FH/c1-5-12-7-8-13-14(9-12)16(13,4)15-10-11(3)17-6-2;/h7-9,11,15H,5-6,10H2,1-4H3;1H/q+1;.